The summed E-state index contributed by atoms with van der Waals surface area (Å²) in [5, 5.41) is 8.93. The molecule has 0 fully saturated rings. The molecule has 18 heavy (non-hydrogen) atoms. The van der Waals surface area contributed by atoms with E-state index in [1.54, 1.807) is 0 Å². The van der Waals surface area contributed by atoms with Crippen LogP contribution in [-0.4, -0.2) is 16.1 Å². The Morgan fingerprint density at radius 2 is 2.11 bits per heavy atom. The van der Waals surface area contributed by atoms with E-state index < -0.39 is 5.97 Å². The van der Waals surface area contributed by atoms with Crippen molar-refractivity contribution in [3.05, 3.63) is 45.9 Å². The molecule has 0 aliphatic rings. The van der Waals surface area contributed by atoms with Crippen molar-refractivity contribution in [2.75, 3.05) is 0 Å². The Morgan fingerprint density at radius 1 is 1.39 bits per heavy atom. The maximum absolute atomic E-state index is 10.9. The average molecular weight is 263 g/mol. The van der Waals surface area contributed by atoms with Crippen LogP contribution in [0.4, 0.5) is 0 Å². The summed E-state index contributed by atoms with van der Waals surface area (Å²) < 4.78 is 5.52. The normalized spacial score (nSPS) is 10.3. The van der Waals surface area contributed by atoms with Crippen LogP contribution in [0.3, 0.4) is 0 Å². The molecule has 0 unspecified atom stereocenters. The number of aromatic nitrogens is 1. The molecule has 1 aromatic heterocycles. The van der Waals surface area contributed by atoms with E-state index in [1.807, 2.05) is 24.3 Å². The van der Waals surface area contributed by atoms with Crippen LogP contribution in [0.5, 0.6) is 5.75 Å². The standard InChI is InChI=1S/C13H13NO3S/c1-2-9-3-5-10(6-4-9)17-7-11-12(13(15)16)18-8-14-11/h3-6,8H,2,7H2,1H3,(H,15,16). The largest absolute Gasteiger partial charge is 0.487 e. The van der Waals surface area contributed by atoms with Gasteiger partial charge in [0.1, 0.15) is 22.9 Å². The van der Waals surface area contributed by atoms with Gasteiger partial charge in [-0.05, 0) is 24.1 Å². The molecule has 1 N–H and O–H groups in total. The number of hydrogen-bond donors (Lipinski definition) is 1. The van der Waals surface area contributed by atoms with Gasteiger partial charge in [-0.15, -0.1) is 11.3 Å². The number of ether oxygens (including phenoxy) is 1. The summed E-state index contributed by atoms with van der Waals surface area (Å²) in [6.45, 7) is 2.26. The maximum Gasteiger partial charge on any atom is 0.347 e. The summed E-state index contributed by atoms with van der Waals surface area (Å²) in [5.74, 6) is -0.242. The molecule has 2 aromatic rings. The van der Waals surface area contributed by atoms with Crippen molar-refractivity contribution in [2.24, 2.45) is 0 Å². The molecule has 0 spiro atoms. The third kappa shape index (κ3) is 2.87. The van der Waals surface area contributed by atoms with Crippen LogP contribution in [0.1, 0.15) is 27.9 Å². The SMILES string of the molecule is CCc1ccc(OCc2ncsc2C(=O)O)cc1. The quantitative estimate of drug-likeness (QED) is 0.901. The zero-order chi connectivity index (χ0) is 13.0. The van der Waals surface area contributed by atoms with E-state index in [2.05, 4.69) is 11.9 Å². The first-order chi connectivity index (χ1) is 8.70. The molecule has 5 heteroatoms. The summed E-state index contributed by atoms with van der Waals surface area (Å²) in [6.07, 6.45) is 0.982. The van der Waals surface area contributed by atoms with Crippen LogP contribution in [0.2, 0.25) is 0 Å². The molecule has 0 saturated heterocycles. The van der Waals surface area contributed by atoms with Crippen molar-refractivity contribution < 1.29 is 14.6 Å². The summed E-state index contributed by atoms with van der Waals surface area (Å²) >= 11 is 1.11. The zero-order valence-corrected chi connectivity index (χ0v) is 10.7. The van der Waals surface area contributed by atoms with Crippen LogP contribution in [0.25, 0.3) is 0 Å². The molecule has 0 atom stereocenters. The molecule has 0 saturated carbocycles. The molecule has 0 bridgehead atoms. The molecule has 4 nitrogen and oxygen atoms in total. The first-order valence-corrected chi connectivity index (χ1v) is 6.46. The highest BCUT2D eigenvalue weighted by Gasteiger charge is 2.13. The van der Waals surface area contributed by atoms with Gasteiger partial charge in [0.15, 0.2) is 0 Å². The lowest BCUT2D eigenvalue weighted by Crippen LogP contribution is -2.03. The van der Waals surface area contributed by atoms with E-state index >= 15 is 0 Å². The molecule has 0 aliphatic heterocycles. The molecule has 1 aromatic carbocycles. The predicted octanol–water partition coefficient (Wildman–Crippen LogP) is 2.98. The number of aryl methyl sites for hydroxylation is 1. The lowest BCUT2D eigenvalue weighted by atomic mass is 10.2. The Labute approximate surface area is 109 Å². The molecule has 0 amide bonds. The zero-order valence-electron chi connectivity index (χ0n) is 9.92. The smallest absolute Gasteiger partial charge is 0.347 e. The lowest BCUT2D eigenvalue weighted by Gasteiger charge is -2.05. The second-order valence-electron chi connectivity index (χ2n) is 3.72. The Bertz CT molecular complexity index is 533. The average Bonchev–Trinajstić information content (AvgIpc) is 2.85. The highest BCUT2D eigenvalue weighted by molar-refractivity contribution is 7.11. The molecular formula is C13H13NO3S. The van der Waals surface area contributed by atoms with Gasteiger partial charge in [0, 0.05) is 0 Å². The van der Waals surface area contributed by atoms with E-state index in [4.69, 9.17) is 9.84 Å². The van der Waals surface area contributed by atoms with Gasteiger partial charge in [0.2, 0.25) is 0 Å². The van der Waals surface area contributed by atoms with Gasteiger partial charge in [0.25, 0.3) is 0 Å². The summed E-state index contributed by atoms with van der Waals surface area (Å²) in [6, 6.07) is 7.75. The topological polar surface area (TPSA) is 59.4 Å². The van der Waals surface area contributed by atoms with E-state index in [0.717, 1.165) is 23.5 Å². The monoisotopic (exact) mass is 263 g/mol. The van der Waals surface area contributed by atoms with E-state index in [9.17, 15) is 4.79 Å². The number of nitrogens with zero attached hydrogens (tertiary/aromatic N) is 1. The van der Waals surface area contributed by atoms with Gasteiger partial charge in [-0.2, -0.15) is 0 Å². The second kappa shape index (κ2) is 5.64. The number of hydrogen-bond acceptors (Lipinski definition) is 4. The number of carbonyl (C=O) groups is 1. The minimum Gasteiger partial charge on any atom is -0.487 e. The fraction of sp³-hybridized carbons (Fsp3) is 0.231. The highest BCUT2D eigenvalue weighted by atomic mass is 32.1. The number of aromatic carboxylic acids is 1. The second-order valence-corrected chi connectivity index (χ2v) is 4.57. The van der Waals surface area contributed by atoms with Gasteiger partial charge in [-0.25, -0.2) is 9.78 Å². The minimum absolute atomic E-state index is 0.177. The van der Waals surface area contributed by atoms with Crippen LogP contribution in [0.15, 0.2) is 29.8 Å². The van der Waals surface area contributed by atoms with Crippen LogP contribution in [-0.2, 0) is 13.0 Å². The number of thiazole rings is 1. The van der Waals surface area contributed by atoms with Crippen molar-refractivity contribution in [3.8, 4) is 5.75 Å². The van der Waals surface area contributed by atoms with Gasteiger partial charge >= 0.3 is 5.97 Å². The van der Waals surface area contributed by atoms with Gasteiger partial charge in [0.05, 0.1) is 5.51 Å². The van der Waals surface area contributed by atoms with E-state index in [0.29, 0.717) is 5.69 Å². The minimum atomic E-state index is -0.961. The van der Waals surface area contributed by atoms with Crippen LogP contribution in [0, 0.1) is 0 Å². The van der Waals surface area contributed by atoms with Crippen molar-refractivity contribution in [1.29, 1.82) is 0 Å². The number of rotatable bonds is 5. The molecular weight excluding hydrogens is 250 g/mol. The van der Waals surface area contributed by atoms with Crippen molar-refractivity contribution in [1.82, 2.24) is 4.98 Å². The summed E-state index contributed by atoms with van der Waals surface area (Å²) in [4.78, 5) is 15.1. The van der Waals surface area contributed by atoms with Crippen molar-refractivity contribution in [2.45, 2.75) is 20.0 Å². The van der Waals surface area contributed by atoms with E-state index in [1.165, 1.54) is 11.1 Å². The first kappa shape index (κ1) is 12.6. The third-order valence-corrected chi connectivity index (χ3v) is 3.40. The number of carboxylic acid groups (broad SMARTS) is 1. The maximum atomic E-state index is 10.9. The Balaban J connectivity index is 2.02. The highest BCUT2D eigenvalue weighted by Crippen LogP contribution is 2.17. The van der Waals surface area contributed by atoms with E-state index in [-0.39, 0.29) is 11.5 Å². The van der Waals surface area contributed by atoms with Gasteiger partial charge < -0.3 is 9.84 Å². The predicted molar refractivity (Wildman–Crippen MR) is 69.2 cm³/mol. The summed E-state index contributed by atoms with van der Waals surface area (Å²) in [5.41, 5.74) is 3.22. The molecule has 0 radical (unpaired) electrons. The Morgan fingerprint density at radius 3 is 2.72 bits per heavy atom. The third-order valence-electron chi connectivity index (χ3n) is 2.54. The summed E-state index contributed by atoms with van der Waals surface area (Å²) in [7, 11) is 0. The lowest BCUT2D eigenvalue weighted by molar-refractivity contribution is 0.0699. The fourth-order valence-corrected chi connectivity index (χ4v) is 2.15. The molecule has 1 heterocycles. The Kier molecular flexibility index (Phi) is 3.94. The molecule has 94 valence electrons. The van der Waals surface area contributed by atoms with Gasteiger partial charge in [-0.3, -0.25) is 0 Å². The number of benzene rings is 1. The van der Waals surface area contributed by atoms with Crippen LogP contribution < -0.4 is 4.74 Å². The molecule has 0 aliphatic carbocycles. The first-order valence-electron chi connectivity index (χ1n) is 5.58. The van der Waals surface area contributed by atoms with Crippen molar-refractivity contribution >= 4 is 17.3 Å². The number of carboxylic acids is 1. The van der Waals surface area contributed by atoms with Crippen LogP contribution >= 0.6 is 11.3 Å². The van der Waals surface area contributed by atoms with Crippen molar-refractivity contribution in [3.63, 3.8) is 0 Å². The van der Waals surface area contributed by atoms with Gasteiger partial charge in [-0.1, -0.05) is 19.1 Å². The Hall–Kier alpha value is -1.88. The molecule has 2 rings (SSSR count). The fourth-order valence-electron chi connectivity index (χ4n) is 1.52.